The maximum atomic E-state index is 5.37. The Morgan fingerprint density at radius 3 is 2.40 bits per heavy atom. The second-order valence-corrected chi connectivity index (χ2v) is 4.21. The lowest BCUT2D eigenvalue weighted by Crippen LogP contribution is -2.46. The van der Waals surface area contributed by atoms with Gasteiger partial charge in [0.25, 0.3) is 0 Å². The minimum absolute atomic E-state index is 0.185. The van der Waals surface area contributed by atoms with Crippen molar-refractivity contribution in [2.45, 2.75) is 38.6 Å². The average molecular weight is 217 g/mol. The second-order valence-electron chi connectivity index (χ2n) is 4.21. The van der Waals surface area contributed by atoms with Crippen LogP contribution in [-0.4, -0.2) is 45.8 Å². The van der Waals surface area contributed by atoms with Crippen LogP contribution in [0.1, 0.15) is 20.3 Å². The van der Waals surface area contributed by atoms with Gasteiger partial charge in [-0.1, -0.05) is 0 Å². The summed E-state index contributed by atoms with van der Waals surface area (Å²) in [6.45, 7) is 6.02. The summed E-state index contributed by atoms with van der Waals surface area (Å²) in [7, 11) is 3.32. The molecular weight excluding hydrogens is 194 g/mol. The Labute approximate surface area is 92.3 Å². The summed E-state index contributed by atoms with van der Waals surface area (Å²) in [5.41, 5.74) is 0. The molecule has 0 bridgehead atoms. The van der Waals surface area contributed by atoms with E-state index in [9.17, 15) is 0 Å². The van der Waals surface area contributed by atoms with E-state index in [1.165, 1.54) is 0 Å². The predicted octanol–water partition coefficient (Wildman–Crippen LogP) is 1.01. The van der Waals surface area contributed by atoms with Gasteiger partial charge < -0.3 is 19.5 Å². The Bertz CT molecular complexity index is 161. The van der Waals surface area contributed by atoms with Gasteiger partial charge in [0.1, 0.15) is 0 Å². The van der Waals surface area contributed by atoms with Crippen LogP contribution in [0.15, 0.2) is 0 Å². The van der Waals surface area contributed by atoms with E-state index in [0.717, 1.165) is 19.6 Å². The lowest BCUT2D eigenvalue weighted by Gasteiger charge is -2.28. The third kappa shape index (κ3) is 3.72. The molecule has 0 aromatic carbocycles. The van der Waals surface area contributed by atoms with Gasteiger partial charge in [-0.3, -0.25) is 0 Å². The smallest absolute Gasteiger partial charge is 0.171 e. The quantitative estimate of drug-likeness (QED) is 0.674. The summed E-state index contributed by atoms with van der Waals surface area (Å²) >= 11 is 0. The van der Waals surface area contributed by atoms with E-state index in [2.05, 4.69) is 19.2 Å². The molecule has 15 heavy (non-hydrogen) atoms. The van der Waals surface area contributed by atoms with Crippen LogP contribution in [0.25, 0.3) is 0 Å². The Balaban J connectivity index is 2.32. The van der Waals surface area contributed by atoms with Gasteiger partial charge in [-0.05, 0) is 26.2 Å². The first-order chi connectivity index (χ1) is 7.19. The molecule has 90 valence electrons. The number of ether oxygens (including phenoxy) is 3. The molecule has 1 N–H and O–H groups in total. The van der Waals surface area contributed by atoms with Gasteiger partial charge in [-0.15, -0.1) is 0 Å². The third-order valence-electron chi connectivity index (χ3n) is 3.07. The first-order valence-corrected chi connectivity index (χ1v) is 5.58. The first-order valence-electron chi connectivity index (χ1n) is 5.58. The van der Waals surface area contributed by atoms with Crippen LogP contribution in [-0.2, 0) is 14.2 Å². The molecular formula is C11H23NO3. The van der Waals surface area contributed by atoms with Crippen molar-refractivity contribution in [3.63, 3.8) is 0 Å². The van der Waals surface area contributed by atoms with Crippen LogP contribution in [0.2, 0.25) is 0 Å². The zero-order valence-corrected chi connectivity index (χ0v) is 10.2. The van der Waals surface area contributed by atoms with Crippen LogP contribution < -0.4 is 5.32 Å². The van der Waals surface area contributed by atoms with E-state index in [1.807, 2.05) is 0 Å². The SMILES string of the molecule is COC(OC)C(C)NC(C)C1CCOC1. The number of hydrogen-bond donors (Lipinski definition) is 1. The highest BCUT2D eigenvalue weighted by Crippen LogP contribution is 2.17. The lowest BCUT2D eigenvalue weighted by molar-refractivity contribution is -0.121. The minimum Gasteiger partial charge on any atom is -0.381 e. The van der Waals surface area contributed by atoms with Crippen LogP contribution in [0.3, 0.4) is 0 Å². The summed E-state index contributed by atoms with van der Waals surface area (Å²) in [4.78, 5) is 0. The molecule has 0 aromatic heterocycles. The first kappa shape index (κ1) is 12.9. The molecule has 1 heterocycles. The molecule has 0 saturated carbocycles. The Kier molecular flexibility index (Phi) is 5.53. The number of nitrogens with one attached hydrogen (secondary N) is 1. The highest BCUT2D eigenvalue weighted by molar-refractivity contribution is 4.79. The minimum atomic E-state index is -0.185. The van der Waals surface area contributed by atoms with E-state index in [1.54, 1.807) is 14.2 Å². The zero-order valence-electron chi connectivity index (χ0n) is 10.2. The van der Waals surface area contributed by atoms with E-state index in [0.29, 0.717) is 12.0 Å². The van der Waals surface area contributed by atoms with Crippen LogP contribution in [0.5, 0.6) is 0 Å². The van der Waals surface area contributed by atoms with Crippen molar-refractivity contribution in [1.82, 2.24) is 5.32 Å². The molecule has 1 aliphatic rings. The molecule has 0 aliphatic carbocycles. The normalized spacial score (nSPS) is 25.8. The molecule has 3 unspecified atom stereocenters. The van der Waals surface area contributed by atoms with Gasteiger partial charge in [-0.25, -0.2) is 0 Å². The van der Waals surface area contributed by atoms with Crippen molar-refractivity contribution in [2.75, 3.05) is 27.4 Å². The van der Waals surface area contributed by atoms with E-state index in [4.69, 9.17) is 14.2 Å². The highest BCUT2D eigenvalue weighted by Gasteiger charge is 2.25. The fourth-order valence-corrected chi connectivity index (χ4v) is 2.08. The van der Waals surface area contributed by atoms with Gasteiger partial charge in [-0.2, -0.15) is 0 Å². The van der Waals surface area contributed by atoms with Crippen molar-refractivity contribution in [2.24, 2.45) is 5.92 Å². The van der Waals surface area contributed by atoms with Gasteiger partial charge in [0.05, 0.1) is 12.6 Å². The standard InChI is InChI=1S/C11H23NO3/c1-8(10-5-6-15-7-10)12-9(2)11(13-3)14-4/h8-12H,5-7H2,1-4H3. The second kappa shape index (κ2) is 6.43. The molecule has 4 nitrogen and oxygen atoms in total. The zero-order chi connectivity index (χ0) is 11.3. The molecule has 4 heteroatoms. The maximum absolute atomic E-state index is 5.37. The van der Waals surface area contributed by atoms with Crippen molar-refractivity contribution in [3.8, 4) is 0 Å². The van der Waals surface area contributed by atoms with Crippen molar-refractivity contribution in [3.05, 3.63) is 0 Å². The third-order valence-corrected chi connectivity index (χ3v) is 3.07. The molecule has 1 aliphatic heterocycles. The monoisotopic (exact) mass is 217 g/mol. The summed E-state index contributed by atoms with van der Waals surface area (Å²) in [6, 6.07) is 0.630. The van der Waals surface area contributed by atoms with Gasteiger partial charge >= 0.3 is 0 Å². The van der Waals surface area contributed by atoms with E-state index < -0.39 is 0 Å². The lowest BCUT2D eigenvalue weighted by atomic mass is 10.00. The summed E-state index contributed by atoms with van der Waals surface area (Å²) in [5, 5.41) is 3.49. The summed E-state index contributed by atoms with van der Waals surface area (Å²) in [5.74, 6) is 0.613. The van der Waals surface area contributed by atoms with Crippen molar-refractivity contribution >= 4 is 0 Å². The molecule has 0 aromatic rings. The maximum Gasteiger partial charge on any atom is 0.171 e. The molecule has 1 saturated heterocycles. The number of hydrogen-bond acceptors (Lipinski definition) is 4. The van der Waals surface area contributed by atoms with E-state index >= 15 is 0 Å². The van der Waals surface area contributed by atoms with Crippen molar-refractivity contribution < 1.29 is 14.2 Å². The summed E-state index contributed by atoms with van der Waals surface area (Å²) < 4.78 is 15.8. The van der Waals surface area contributed by atoms with Gasteiger partial charge in [0.2, 0.25) is 0 Å². The number of rotatable bonds is 6. The molecule has 1 rings (SSSR count). The van der Waals surface area contributed by atoms with Crippen LogP contribution in [0.4, 0.5) is 0 Å². The molecule has 0 amide bonds. The van der Waals surface area contributed by atoms with Crippen LogP contribution >= 0.6 is 0 Å². The van der Waals surface area contributed by atoms with Crippen molar-refractivity contribution in [1.29, 1.82) is 0 Å². The predicted molar refractivity (Wildman–Crippen MR) is 58.8 cm³/mol. The Morgan fingerprint density at radius 1 is 1.27 bits per heavy atom. The molecule has 0 radical (unpaired) electrons. The molecule has 0 spiro atoms. The molecule has 1 fully saturated rings. The fraction of sp³-hybridized carbons (Fsp3) is 1.00. The fourth-order valence-electron chi connectivity index (χ4n) is 2.08. The van der Waals surface area contributed by atoms with Gasteiger partial charge in [0, 0.05) is 26.9 Å². The molecule has 3 atom stereocenters. The largest absolute Gasteiger partial charge is 0.381 e. The van der Waals surface area contributed by atoms with Crippen LogP contribution in [0, 0.1) is 5.92 Å². The Hall–Kier alpha value is -0.160. The average Bonchev–Trinajstić information content (AvgIpc) is 2.72. The summed E-state index contributed by atoms with van der Waals surface area (Å²) in [6.07, 6.45) is 0.959. The topological polar surface area (TPSA) is 39.7 Å². The van der Waals surface area contributed by atoms with Gasteiger partial charge in [0.15, 0.2) is 6.29 Å². The number of methoxy groups -OCH3 is 2. The van der Waals surface area contributed by atoms with E-state index in [-0.39, 0.29) is 12.3 Å². The Morgan fingerprint density at radius 2 is 1.93 bits per heavy atom. The highest BCUT2D eigenvalue weighted by atomic mass is 16.7.